The Balaban J connectivity index is 1.39. The van der Waals surface area contributed by atoms with Crippen LogP contribution < -0.4 is 5.32 Å². The van der Waals surface area contributed by atoms with Crippen molar-refractivity contribution in [3.8, 4) is 0 Å². The smallest absolute Gasteiger partial charge is 0.251 e. The van der Waals surface area contributed by atoms with E-state index >= 15 is 0 Å². The van der Waals surface area contributed by atoms with E-state index in [1.54, 1.807) is 4.90 Å². The van der Waals surface area contributed by atoms with Crippen LogP contribution in [0.25, 0.3) is 0 Å². The maximum atomic E-state index is 13.2. The number of carbonyl (C=O) groups excluding carboxylic acids is 3. The number of likely N-dealkylation sites (tertiary alicyclic amines) is 1. The van der Waals surface area contributed by atoms with Gasteiger partial charge in [0.25, 0.3) is 5.91 Å². The highest BCUT2D eigenvalue weighted by molar-refractivity contribution is 5.96. The molecule has 2 aliphatic heterocycles. The van der Waals surface area contributed by atoms with Crippen LogP contribution in [0.5, 0.6) is 0 Å². The maximum Gasteiger partial charge on any atom is 0.251 e. The highest BCUT2D eigenvalue weighted by atomic mass is 19.1. The van der Waals surface area contributed by atoms with Crippen LogP contribution in [0.3, 0.4) is 0 Å². The maximum absolute atomic E-state index is 13.2. The van der Waals surface area contributed by atoms with Crippen molar-refractivity contribution in [3.05, 3.63) is 35.6 Å². The van der Waals surface area contributed by atoms with Crippen LogP contribution in [-0.4, -0.2) is 84.8 Å². The summed E-state index contributed by atoms with van der Waals surface area (Å²) in [6, 6.07) is 5.36. The second kappa shape index (κ2) is 10.3. The molecule has 1 aromatic carbocycles. The van der Waals surface area contributed by atoms with E-state index in [1.165, 1.54) is 31.0 Å². The standard InChI is InChI=1S/C21H29FN4O3/c22-18-7-5-6-17(14-18)21(29)23-15-19(27)26-12-10-24(11-13-26)16-20(28)25-8-3-1-2-4-9-25/h5-7,14H,1-4,8-13,15-16H2,(H,23,29). The van der Waals surface area contributed by atoms with Gasteiger partial charge in [0.05, 0.1) is 13.1 Å². The van der Waals surface area contributed by atoms with E-state index < -0.39 is 11.7 Å². The van der Waals surface area contributed by atoms with Crippen molar-refractivity contribution >= 4 is 17.7 Å². The van der Waals surface area contributed by atoms with E-state index in [1.807, 2.05) is 4.90 Å². The molecule has 158 valence electrons. The van der Waals surface area contributed by atoms with Gasteiger partial charge in [-0.3, -0.25) is 19.3 Å². The Morgan fingerprint density at radius 1 is 0.862 bits per heavy atom. The summed E-state index contributed by atoms with van der Waals surface area (Å²) < 4.78 is 13.2. The lowest BCUT2D eigenvalue weighted by atomic mass is 10.2. The molecule has 0 atom stereocenters. The van der Waals surface area contributed by atoms with Crippen molar-refractivity contribution in [3.63, 3.8) is 0 Å². The molecule has 1 N–H and O–H groups in total. The van der Waals surface area contributed by atoms with Crippen LogP contribution in [0.4, 0.5) is 4.39 Å². The Morgan fingerprint density at radius 2 is 1.52 bits per heavy atom. The average molecular weight is 404 g/mol. The first kappa shape index (κ1) is 21.2. The predicted octanol–water partition coefficient (Wildman–Crippen LogP) is 1.10. The van der Waals surface area contributed by atoms with Gasteiger partial charge >= 0.3 is 0 Å². The van der Waals surface area contributed by atoms with Crippen LogP contribution in [0.2, 0.25) is 0 Å². The van der Waals surface area contributed by atoms with Gasteiger partial charge in [-0.05, 0) is 31.0 Å². The molecule has 0 aromatic heterocycles. The monoisotopic (exact) mass is 404 g/mol. The summed E-state index contributed by atoms with van der Waals surface area (Å²) in [6.45, 7) is 4.32. The van der Waals surface area contributed by atoms with Crippen LogP contribution in [-0.2, 0) is 9.59 Å². The Kier molecular flexibility index (Phi) is 7.57. The van der Waals surface area contributed by atoms with Crippen LogP contribution in [0.1, 0.15) is 36.0 Å². The molecule has 29 heavy (non-hydrogen) atoms. The van der Waals surface area contributed by atoms with Gasteiger partial charge in [-0.2, -0.15) is 0 Å². The highest BCUT2D eigenvalue weighted by Gasteiger charge is 2.24. The third kappa shape index (κ3) is 6.25. The molecule has 3 amide bonds. The molecule has 0 aliphatic carbocycles. The Labute approximate surface area is 170 Å². The number of hydrogen-bond acceptors (Lipinski definition) is 4. The Morgan fingerprint density at radius 3 is 2.17 bits per heavy atom. The van der Waals surface area contributed by atoms with Crippen molar-refractivity contribution in [2.75, 3.05) is 52.4 Å². The summed E-state index contributed by atoms with van der Waals surface area (Å²) in [5.74, 6) is -0.961. The molecule has 0 radical (unpaired) electrons. The minimum absolute atomic E-state index is 0.123. The van der Waals surface area contributed by atoms with E-state index in [4.69, 9.17) is 0 Å². The van der Waals surface area contributed by atoms with Crippen molar-refractivity contribution in [1.82, 2.24) is 20.0 Å². The van der Waals surface area contributed by atoms with Crippen LogP contribution >= 0.6 is 0 Å². The quantitative estimate of drug-likeness (QED) is 0.798. The van der Waals surface area contributed by atoms with Gasteiger partial charge < -0.3 is 15.1 Å². The topological polar surface area (TPSA) is 73.0 Å². The number of nitrogens with zero attached hydrogens (tertiary/aromatic N) is 3. The van der Waals surface area contributed by atoms with Crippen LogP contribution in [0, 0.1) is 5.82 Å². The zero-order valence-electron chi connectivity index (χ0n) is 16.7. The summed E-state index contributed by atoms with van der Waals surface area (Å²) in [6.07, 6.45) is 4.55. The van der Waals surface area contributed by atoms with E-state index in [0.717, 1.165) is 32.0 Å². The van der Waals surface area contributed by atoms with Gasteiger partial charge in [0.2, 0.25) is 11.8 Å². The SMILES string of the molecule is O=C(NCC(=O)N1CCN(CC(=O)N2CCCCCC2)CC1)c1cccc(F)c1. The van der Waals surface area contributed by atoms with Crippen molar-refractivity contribution in [2.24, 2.45) is 0 Å². The van der Waals surface area contributed by atoms with Gasteiger partial charge in [0.1, 0.15) is 5.82 Å². The minimum atomic E-state index is -0.491. The second-order valence-corrected chi connectivity index (χ2v) is 7.64. The van der Waals surface area contributed by atoms with Crippen molar-refractivity contribution in [1.29, 1.82) is 0 Å². The molecule has 0 bridgehead atoms. The number of piperazine rings is 1. The van der Waals surface area contributed by atoms with Gasteiger partial charge in [-0.25, -0.2) is 4.39 Å². The van der Waals surface area contributed by atoms with Gasteiger partial charge in [-0.1, -0.05) is 18.9 Å². The summed E-state index contributed by atoms with van der Waals surface area (Å²) in [5.41, 5.74) is 0.189. The number of rotatable bonds is 5. The summed E-state index contributed by atoms with van der Waals surface area (Å²) in [4.78, 5) is 42.6. The van der Waals surface area contributed by atoms with Gasteiger partial charge in [0.15, 0.2) is 0 Å². The number of benzene rings is 1. The zero-order chi connectivity index (χ0) is 20.6. The molecule has 0 saturated carbocycles. The average Bonchev–Trinajstić information content (AvgIpc) is 3.02. The number of nitrogens with one attached hydrogen (secondary N) is 1. The fourth-order valence-corrected chi connectivity index (χ4v) is 3.77. The lowest BCUT2D eigenvalue weighted by molar-refractivity contribution is -0.134. The van der Waals surface area contributed by atoms with Gasteiger partial charge in [-0.15, -0.1) is 0 Å². The van der Waals surface area contributed by atoms with E-state index in [-0.39, 0.29) is 23.9 Å². The molecule has 2 heterocycles. The molecule has 0 unspecified atom stereocenters. The lowest BCUT2D eigenvalue weighted by Crippen LogP contribution is -2.53. The fourth-order valence-electron chi connectivity index (χ4n) is 3.77. The third-order valence-electron chi connectivity index (χ3n) is 5.53. The molecular weight excluding hydrogens is 375 g/mol. The number of hydrogen-bond donors (Lipinski definition) is 1. The molecule has 8 heteroatoms. The molecule has 3 rings (SSSR count). The summed E-state index contributed by atoms with van der Waals surface area (Å²) in [7, 11) is 0. The zero-order valence-corrected chi connectivity index (χ0v) is 16.7. The van der Waals surface area contributed by atoms with Crippen LogP contribution in [0.15, 0.2) is 24.3 Å². The number of amides is 3. The first-order valence-electron chi connectivity index (χ1n) is 10.3. The first-order chi connectivity index (χ1) is 14.0. The minimum Gasteiger partial charge on any atom is -0.343 e. The summed E-state index contributed by atoms with van der Waals surface area (Å²) in [5, 5.41) is 2.54. The highest BCUT2D eigenvalue weighted by Crippen LogP contribution is 2.11. The van der Waals surface area contributed by atoms with E-state index in [9.17, 15) is 18.8 Å². The number of carbonyl (C=O) groups is 3. The normalized spacial score (nSPS) is 18.2. The second-order valence-electron chi connectivity index (χ2n) is 7.64. The molecule has 2 fully saturated rings. The molecule has 2 saturated heterocycles. The molecule has 0 spiro atoms. The van der Waals surface area contributed by atoms with Crippen molar-refractivity contribution < 1.29 is 18.8 Å². The molecule has 7 nitrogen and oxygen atoms in total. The predicted molar refractivity (Wildman–Crippen MR) is 107 cm³/mol. The Hall–Kier alpha value is -2.48. The summed E-state index contributed by atoms with van der Waals surface area (Å²) >= 11 is 0. The largest absolute Gasteiger partial charge is 0.343 e. The van der Waals surface area contributed by atoms with E-state index in [2.05, 4.69) is 10.2 Å². The Bertz CT molecular complexity index is 726. The van der Waals surface area contributed by atoms with Gasteiger partial charge in [0, 0.05) is 44.8 Å². The third-order valence-corrected chi connectivity index (χ3v) is 5.53. The lowest BCUT2D eigenvalue weighted by Gasteiger charge is -2.35. The fraction of sp³-hybridized carbons (Fsp3) is 0.571. The molecule has 2 aliphatic rings. The number of halogens is 1. The molecule has 1 aromatic rings. The van der Waals surface area contributed by atoms with Crippen molar-refractivity contribution in [2.45, 2.75) is 25.7 Å². The first-order valence-corrected chi connectivity index (χ1v) is 10.3. The molecular formula is C21H29FN4O3. The van der Waals surface area contributed by atoms with E-state index in [0.29, 0.717) is 32.7 Å².